The fraction of sp³-hybridized carbons (Fsp3) is 0.511. The maximum absolute atomic E-state index is 14.2. The van der Waals surface area contributed by atoms with Gasteiger partial charge in [-0.05, 0) is 81.7 Å². The molecule has 28 heteroatoms. The van der Waals surface area contributed by atoms with Gasteiger partial charge in [-0.1, -0.05) is 42.5 Å². The number of phenolic OH excluding ortho intramolecular Hbond substituents is 1. The van der Waals surface area contributed by atoms with Crippen LogP contribution in [0.15, 0.2) is 54.6 Å². The van der Waals surface area contributed by atoms with Gasteiger partial charge in [-0.2, -0.15) is 25.3 Å². The first-order valence-electron chi connectivity index (χ1n) is 24.1. The molecule has 1 aliphatic heterocycles. The number of phenols is 1. The molecule has 3 rings (SSSR count). The molecule has 0 aromatic heterocycles. The molecule has 1 aliphatic rings. The van der Waals surface area contributed by atoms with Gasteiger partial charge in [0, 0.05) is 31.0 Å². The normalized spacial score (nSPS) is 16.2. The first-order chi connectivity index (χ1) is 35.6. The third-order valence-corrected chi connectivity index (χ3v) is 12.6. The topological polar surface area (TPSA) is 438 Å². The van der Waals surface area contributed by atoms with Crippen LogP contribution in [0.4, 0.5) is 4.79 Å². The first-order valence-corrected chi connectivity index (χ1v) is 25.4. The highest BCUT2D eigenvalue weighted by Gasteiger charge is 2.40. The molecule has 0 spiro atoms. The number of benzene rings is 2. The summed E-state index contributed by atoms with van der Waals surface area (Å²) in [6.07, 6.45) is -0.201. The van der Waals surface area contributed by atoms with E-state index in [9.17, 15) is 57.8 Å². The summed E-state index contributed by atoms with van der Waals surface area (Å²) < 4.78 is 0. The van der Waals surface area contributed by atoms with Crippen LogP contribution in [-0.4, -0.2) is 161 Å². The molecule has 9 atom stereocenters. The van der Waals surface area contributed by atoms with Crippen molar-refractivity contribution in [2.24, 2.45) is 28.7 Å². The zero-order valence-electron chi connectivity index (χ0n) is 41.5. The number of aryl methyl sites for hydroxylation is 1. The predicted molar refractivity (Wildman–Crippen MR) is 280 cm³/mol. The number of primary amides is 3. The van der Waals surface area contributed by atoms with Gasteiger partial charge in [0.05, 0.1) is 12.5 Å². The lowest BCUT2D eigenvalue weighted by Gasteiger charge is -2.30. The van der Waals surface area contributed by atoms with Gasteiger partial charge in [-0.15, -0.1) is 0 Å². The number of nitrogens with zero attached hydrogens (tertiary/aromatic N) is 1. The van der Waals surface area contributed by atoms with E-state index in [4.69, 9.17) is 28.7 Å². The molecule has 0 unspecified atom stereocenters. The maximum atomic E-state index is 14.2. The van der Waals surface area contributed by atoms with Gasteiger partial charge in [0.15, 0.2) is 0 Å². The highest BCUT2D eigenvalue weighted by molar-refractivity contribution is 7.80. The number of urea groups is 1. The first kappa shape index (κ1) is 62.1. The Morgan fingerprint density at radius 2 is 1.20 bits per heavy atom. The van der Waals surface area contributed by atoms with Crippen LogP contribution in [-0.2, 0) is 60.8 Å². The van der Waals surface area contributed by atoms with E-state index in [1.54, 1.807) is 42.5 Å². The average Bonchev–Trinajstić information content (AvgIpc) is 3.87. The van der Waals surface area contributed by atoms with Crippen molar-refractivity contribution in [3.05, 3.63) is 65.7 Å². The molecule has 0 radical (unpaired) electrons. The van der Waals surface area contributed by atoms with E-state index in [1.165, 1.54) is 24.0 Å². The van der Waals surface area contributed by atoms with Crippen LogP contribution >= 0.6 is 25.3 Å². The Bertz CT molecular complexity index is 2320. The number of carbonyl (C=O) groups is 11. The third-order valence-electron chi connectivity index (χ3n) is 11.9. The van der Waals surface area contributed by atoms with Crippen LogP contribution in [0, 0.1) is 0 Å². The van der Waals surface area contributed by atoms with E-state index in [1.807, 2.05) is 0 Å². The highest BCUT2D eigenvalue weighted by Crippen LogP contribution is 2.20. The SMILES string of the molecule is C[C@H](NC(=O)[C@H](CCCNC(N)=O)NC(=O)[C@@H]1CCCN1C(=O)[C@H](CS)NC(=O)[C@H](CC(N)=O)NC(=O)[C@H](CCN)NC(=O)[C@H](CCc1ccccc1)NC(=O)[C@H](Cc1ccc(O)cc1)NC(=O)[C@@H](N)CS)C(N)=O. The van der Waals surface area contributed by atoms with E-state index >= 15 is 0 Å². The summed E-state index contributed by atoms with van der Waals surface area (Å²) >= 11 is 8.33. The van der Waals surface area contributed by atoms with Gasteiger partial charge >= 0.3 is 6.03 Å². The fourth-order valence-corrected chi connectivity index (χ4v) is 8.14. The molecule has 0 bridgehead atoms. The van der Waals surface area contributed by atoms with Crippen LogP contribution in [0.25, 0.3) is 0 Å². The van der Waals surface area contributed by atoms with E-state index in [2.05, 4.69) is 67.8 Å². The summed E-state index contributed by atoms with van der Waals surface area (Å²) in [4.78, 5) is 146. The zero-order valence-corrected chi connectivity index (χ0v) is 43.2. The summed E-state index contributed by atoms with van der Waals surface area (Å²) in [6, 6.07) is 2.18. The predicted octanol–water partition coefficient (Wildman–Crippen LogP) is -4.68. The highest BCUT2D eigenvalue weighted by atomic mass is 32.1. The Labute approximate surface area is 444 Å². The monoisotopic (exact) mass is 1090 g/mol. The van der Waals surface area contributed by atoms with Crippen molar-refractivity contribution in [3.8, 4) is 5.75 Å². The van der Waals surface area contributed by atoms with Crippen molar-refractivity contribution in [3.63, 3.8) is 0 Å². The number of likely N-dealkylation sites (tertiary alicyclic amines) is 1. The molecule has 12 amide bonds. The zero-order chi connectivity index (χ0) is 55.8. The Morgan fingerprint density at radius 3 is 1.77 bits per heavy atom. The van der Waals surface area contributed by atoms with Gasteiger partial charge in [0.1, 0.15) is 54.1 Å². The standard InChI is InChI=1S/C47H70N14O12S2/c1-25(38(51)64)54-40(66)30(9-5-19-53-47(52)73)57-45(71)36-10-6-20-61(36)46(72)35(24-75)60-44(70)34(22-37(50)63)59-42(68)32(17-18-48)56-41(67)31(16-13-26-7-3-2-4-8-26)55-43(69)33(58-39(65)29(49)23-74)21-27-11-14-28(62)15-12-27/h2-4,7-8,11-12,14-15,25,29-36,62,74-75H,5-6,9-10,13,16-24,48-49H2,1H3,(H2,50,63)(H2,51,64)(H,54,66)(H,55,69)(H,56,67)(H,57,71)(H,58,65)(H,59,68)(H,60,70)(H3,52,53,73)/t25-,29-,30-,31-,32-,33-,34-,35-,36-/m0/s1. The molecule has 0 aliphatic carbocycles. The van der Waals surface area contributed by atoms with Crippen molar-refractivity contribution in [1.29, 1.82) is 0 Å². The number of amides is 12. The van der Waals surface area contributed by atoms with Crippen molar-refractivity contribution in [2.75, 3.05) is 31.1 Å². The molecular weight excluding hydrogens is 1020 g/mol. The van der Waals surface area contributed by atoms with E-state index < -0.39 is 126 Å². The van der Waals surface area contributed by atoms with Crippen LogP contribution < -0.4 is 71.2 Å². The smallest absolute Gasteiger partial charge is 0.312 e. The Hall–Kier alpha value is -7.17. The number of hydrogen-bond acceptors (Lipinski definition) is 16. The average molecular weight is 1090 g/mol. The largest absolute Gasteiger partial charge is 0.508 e. The lowest BCUT2D eigenvalue weighted by Crippen LogP contribution is -2.61. The van der Waals surface area contributed by atoms with Crippen LogP contribution in [0.5, 0.6) is 5.75 Å². The quantitative estimate of drug-likeness (QED) is 0.0250. The molecule has 2 aromatic rings. The molecule has 75 heavy (non-hydrogen) atoms. The summed E-state index contributed by atoms with van der Waals surface area (Å²) in [5.74, 6) is -9.00. The van der Waals surface area contributed by atoms with E-state index in [0.717, 1.165) is 5.56 Å². The lowest BCUT2D eigenvalue weighted by molar-refractivity contribution is -0.142. The van der Waals surface area contributed by atoms with Crippen molar-refractivity contribution in [1.82, 2.24) is 47.4 Å². The Balaban J connectivity index is 1.82. The Morgan fingerprint density at radius 1 is 0.653 bits per heavy atom. The maximum Gasteiger partial charge on any atom is 0.312 e. The number of rotatable bonds is 31. The molecule has 19 N–H and O–H groups in total. The molecule has 0 saturated carbocycles. The van der Waals surface area contributed by atoms with Gasteiger partial charge in [-0.3, -0.25) is 47.9 Å². The minimum absolute atomic E-state index is 0.0117. The molecule has 26 nitrogen and oxygen atoms in total. The van der Waals surface area contributed by atoms with Gasteiger partial charge in [-0.25, -0.2) is 4.79 Å². The minimum atomic E-state index is -1.73. The molecule has 412 valence electrons. The number of carbonyl (C=O) groups excluding carboxylic acids is 11. The molecule has 1 saturated heterocycles. The number of nitrogens with one attached hydrogen (secondary N) is 8. The number of aromatic hydroxyl groups is 1. The number of hydrogen-bond donors (Lipinski definition) is 16. The lowest BCUT2D eigenvalue weighted by atomic mass is 10.0. The van der Waals surface area contributed by atoms with Gasteiger partial charge in [0.25, 0.3) is 0 Å². The van der Waals surface area contributed by atoms with Gasteiger partial charge < -0.3 is 81.2 Å². The Kier molecular flexibility index (Phi) is 26.1. The minimum Gasteiger partial charge on any atom is -0.508 e. The number of thiol groups is 2. The molecule has 1 fully saturated rings. The summed E-state index contributed by atoms with van der Waals surface area (Å²) in [5, 5.41) is 29.9. The molecule has 1 heterocycles. The van der Waals surface area contributed by atoms with E-state index in [0.29, 0.717) is 12.0 Å². The fourth-order valence-electron chi connectivity index (χ4n) is 7.73. The second kappa shape index (κ2) is 31.5. The van der Waals surface area contributed by atoms with Crippen molar-refractivity contribution in [2.45, 2.75) is 119 Å². The van der Waals surface area contributed by atoms with Crippen molar-refractivity contribution >= 4 is 90.4 Å². The van der Waals surface area contributed by atoms with Crippen LogP contribution in [0.1, 0.15) is 63.0 Å². The second-order valence-electron chi connectivity index (χ2n) is 17.7. The summed E-state index contributed by atoms with van der Waals surface area (Å²) in [6.45, 7) is 1.26. The number of nitrogens with two attached hydrogens (primary N) is 5. The third kappa shape index (κ3) is 20.9. The van der Waals surface area contributed by atoms with Gasteiger partial charge in [0.2, 0.25) is 59.1 Å². The van der Waals surface area contributed by atoms with Crippen LogP contribution in [0.2, 0.25) is 0 Å². The second-order valence-corrected chi connectivity index (χ2v) is 18.5. The van der Waals surface area contributed by atoms with E-state index in [-0.39, 0.29) is 81.8 Å². The molecular formula is C47H70N14O12S2. The molecule has 2 aromatic carbocycles. The van der Waals surface area contributed by atoms with Crippen LogP contribution in [0.3, 0.4) is 0 Å². The summed E-state index contributed by atoms with van der Waals surface area (Å²) in [7, 11) is 0. The summed E-state index contributed by atoms with van der Waals surface area (Å²) in [5.41, 5.74) is 29.0. The van der Waals surface area contributed by atoms with Crippen molar-refractivity contribution < 1.29 is 57.8 Å².